The molecule has 0 saturated heterocycles. The highest BCUT2D eigenvalue weighted by atomic mass is 32.1. The van der Waals surface area contributed by atoms with E-state index in [1.165, 1.54) is 4.88 Å². The maximum atomic E-state index is 13.0. The molecule has 144 valence electrons. The predicted octanol–water partition coefficient (Wildman–Crippen LogP) is 3.97. The van der Waals surface area contributed by atoms with Crippen molar-refractivity contribution >= 4 is 28.0 Å². The average molecular weight is 401 g/mol. The molecule has 0 unspecified atom stereocenters. The molecule has 0 radical (unpaired) electrons. The summed E-state index contributed by atoms with van der Waals surface area (Å²) in [6.45, 7) is 2.69. The number of benzene rings is 1. The van der Waals surface area contributed by atoms with E-state index < -0.39 is 0 Å². The lowest BCUT2D eigenvalue weighted by molar-refractivity contribution is 0.676. The van der Waals surface area contributed by atoms with Gasteiger partial charge in [-0.3, -0.25) is 4.79 Å². The zero-order chi connectivity index (χ0) is 19.8. The molecule has 29 heavy (non-hydrogen) atoms. The summed E-state index contributed by atoms with van der Waals surface area (Å²) in [7, 11) is 0. The second-order valence-corrected chi connectivity index (χ2v) is 7.89. The molecule has 0 atom stereocenters. The third-order valence-corrected chi connectivity index (χ3v) is 6.04. The molecular formula is C22H19N5OS. The zero-order valence-corrected chi connectivity index (χ0v) is 16.8. The van der Waals surface area contributed by atoms with E-state index in [0.29, 0.717) is 23.2 Å². The quantitative estimate of drug-likeness (QED) is 0.447. The van der Waals surface area contributed by atoms with Gasteiger partial charge in [0.25, 0.3) is 5.56 Å². The minimum Gasteiger partial charge on any atom is -0.313 e. The number of nitrogens with zero attached hydrogens (tertiary/aromatic N) is 5. The van der Waals surface area contributed by atoms with Gasteiger partial charge in [-0.15, -0.1) is 21.5 Å². The summed E-state index contributed by atoms with van der Waals surface area (Å²) in [5.74, 6) is 0. The Bertz CT molecular complexity index is 1350. The Labute approximate surface area is 171 Å². The van der Waals surface area contributed by atoms with Crippen LogP contribution in [0.5, 0.6) is 0 Å². The van der Waals surface area contributed by atoms with Crippen LogP contribution in [0.15, 0.2) is 64.9 Å². The number of aryl methyl sites for hydroxylation is 3. The van der Waals surface area contributed by atoms with Gasteiger partial charge in [-0.2, -0.15) is 5.10 Å². The van der Waals surface area contributed by atoms with Crippen LogP contribution in [-0.4, -0.2) is 24.4 Å². The lowest BCUT2D eigenvalue weighted by Crippen LogP contribution is -2.22. The van der Waals surface area contributed by atoms with Crippen molar-refractivity contribution in [3.63, 3.8) is 0 Å². The molecule has 0 N–H and O–H groups in total. The summed E-state index contributed by atoms with van der Waals surface area (Å²) in [4.78, 5) is 14.2. The number of fused-ring (bicyclic) bond motifs is 3. The molecule has 0 saturated carbocycles. The fourth-order valence-corrected chi connectivity index (χ4v) is 4.34. The van der Waals surface area contributed by atoms with Crippen molar-refractivity contribution in [3.8, 4) is 11.1 Å². The van der Waals surface area contributed by atoms with Gasteiger partial charge in [0.15, 0.2) is 11.2 Å². The van der Waals surface area contributed by atoms with Gasteiger partial charge in [0.1, 0.15) is 5.52 Å². The zero-order valence-electron chi connectivity index (χ0n) is 15.9. The van der Waals surface area contributed by atoms with E-state index >= 15 is 0 Å². The molecule has 6 nitrogen and oxygen atoms in total. The predicted molar refractivity (Wildman–Crippen MR) is 115 cm³/mol. The number of aromatic nitrogens is 5. The maximum absolute atomic E-state index is 13.0. The van der Waals surface area contributed by atoms with E-state index in [0.717, 1.165) is 29.7 Å². The van der Waals surface area contributed by atoms with Gasteiger partial charge in [0.05, 0.1) is 11.3 Å². The summed E-state index contributed by atoms with van der Waals surface area (Å²) in [5.41, 5.74) is 4.54. The molecule has 7 heteroatoms. The van der Waals surface area contributed by atoms with Crippen molar-refractivity contribution in [2.24, 2.45) is 0 Å². The number of pyridine rings is 1. The van der Waals surface area contributed by atoms with Crippen LogP contribution in [0.3, 0.4) is 0 Å². The Balaban J connectivity index is 1.65. The van der Waals surface area contributed by atoms with Crippen LogP contribution in [0.2, 0.25) is 0 Å². The second kappa shape index (κ2) is 7.25. The lowest BCUT2D eigenvalue weighted by Gasteiger charge is -2.07. The standard InChI is InChI=1S/C22H19N5OS/c1-2-17-19(15-7-4-3-5-8-15)21-24-23-20-18(27(21)25-17)11-13-26(22(20)28)12-10-16-9-6-14-29-16/h3-9,11,13-14H,2,10,12H2,1H3. The van der Waals surface area contributed by atoms with Crippen LogP contribution in [0.1, 0.15) is 17.5 Å². The van der Waals surface area contributed by atoms with Gasteiger partial charge in [0, 0.05) is 17.6 Å². The first-order chi connectivity index (χ1) is 14.3. The molecule has 0 bridgehead atoms. The van der Waals surface area contributed by atoms with E-state index in [1.54, 1.807) is 20.4 Å². The first-order valence-corrected chi connectivity index (χ1v) is 10.5. The van der Waals surface area contributed by atoms with Crippen LogP contribution in [0.4, 0.5) is 0 Å². The molecule has 0 fully saturated rings. The van der Waals surface area contributed by atoms with E-state index in [1.807, 2.05) is 54.0 Å². The third kappa shape index (κ3) is 3.03. The van der Waals surface area contributed by atoms with Crippen molar-refractivity contribution in [1.29, 1.82) is 0 Å². The average Bonchev–Trinajstić information content (AvgIpc) is 3.41. The van der Waals surface area contributed by atoms with Crippen LogP contribution in [0, 0.1) is 0 Å². The summed E-state index contributed by atoms with van der Waals surface area (Å²) < 4.78 is 3.46. The van der Waals surface area contributed by atoms with Crippen LogP contribution < -0.4 is 5.56 Å². The Morgan fingerprint density at radius 3 is 2.66 bits per heavy atom. The van der Waals surface area contributed by atoms with Crippen molar-refractivity contribution in [2.45, 2.75) is 26.3 Å². The van der Waals surface area contributed by atoms with Crippen LogP contribution >= 0.6 is 11.3 Å². The van der Waals surface area contributed by atoms with Gasteiger partial charge in [-0.05, 0) is 35.9 Å². The maximum Gasteiger partial charge on any atom is 0.280 e. The Hall–Kier alpha value is -3.32. The molecule has 0 aliphatic heterocycles. The van der Waals surface area contributed by atoms with Crippen molar-refractivity contribution in [2.75, 3.05) is 0 Å². The van der Waals surface area contributed by atoms with Gasteiger partial charge in [-0.25, -0.2) is 4.52 Å². The van der Waals surface area contributed by atoms with Gasteiger partial charge >= 0.3 is 0 Å². The fraction of sp³-hybridized carbons (Fsp3) is 0.182. The first kappa shape index (κ1) is 17.8. The van der Waals surface area contributed by atoms with Crippen molar-refractivity contribution < 1.29 is 0 Å². The molecule has 5 aromatic rings. The first-order valence-electron chi connectivity index (χ1n) is 9.61. The van der Waals surface area contributed by atoms with E-state index in [4.69, 9.17) is 5.10 Å². The number of thiophene rings is 1. The molecule has 4 aromatic heterocycles. The largest absolute Gasteiger partial charge is 0.313 e. The monoisotopic (exact) mass is 401 g/mol. The third-order valence-electron chi connectivity index (χ3n) is 5.10. The molecule has 1 aromatic carbocycles. The van der Waals surface area contributed by atoms with Gasteiger partial charge < -0.3 is 4.57 Å². The lowest BCUT2D eigenvalue weighted by atomic mass is 10.0. The smallest absolute Gasteiger partial charge is 0.280 e. The molecule has 0 spiro atoms. The minimum absolute atomic E-state index is 0.136. The van der Waals surface area contributed by atoms with Gasteiger partial charge in [-0.1, -0.05) is 43.3 Å². The highest BCUT2D eigenvalue weighted by Gasteiger charge is 2.18. The van der Waals surface area contributed by atoms with Crippen LogP contribution in [-0.2, 0) is 19.4 Å². The van der Waals surface area contributed by atoms with Crippen LogP contribution in [0.25, 0.3) is 27.8 Å². The Morgan fingerprint density at radius 2 is 1.90 bits per heavy atom. The van der Waals surface area contributed by atoms with E-state index in [2.05, 4.69) is 23.2 Å². The normalized spacial score (nSPS) is 11.5. The Morgan fingerprint density at radius 1 is 1.03 bits per heavy atom. The summed E-state index contributed by atoms with van der Waals surface area (Å²) in [6.07, 6.45) is 3.42. The van der Waals surface area contributed by atoms with Gasteiger partial charge in [0.2, 0.25) is 0 Å². The highest BCUT2D eigenvalue weighted by Crippen LogP contribution is 2.28. The minimum atomic E-state index is -0.136. The van der Waals surface area contributed by atoms with E-state index in [-0.39, 0.29) is 5.56 Å². The van der Waals surface area contributed by atoms with E-state index in [9.17, 15) is 4.79 Å². The highest BCUT2D eigenvalue weighted by molar-refractivity contribution is 7.09. The molecule has 4 heterocycles. The number of hydrogen-bond donors (Lipinski definition) is 0. The topological polar surface area (TPSA) is 65.1 Å². The fourth-order valence-electron chi connectivity index (χ4n) is 3.64. The summed E-state index contributed by atoms with van der Waals surface area (Å²) in [6, 6.07) is 16.1. The Kier molecular flexibility index (Phi) is 4.44. The SMILES string of the molecule is CCc1nn2c(nnc3c(=O)n(CCc4cccs4)ccc32)c1-c1ccccc1. The van der Waals surface area contributed by atoms with Crippen molar-refractivity contribution in [3.05, 3.63) is 81.0 Å². The number of hydrogen-bond acceptors (Lipinski definition) is 5. The molecule has 0 aliphatic carbocycles. The molecule has 0 aliphatic rings. The molecule has 0 amide bonds. The summed E-state index contributed by atoms with van der Waals surface area (Å²) in [5, 5.41) is 15.5. The molecular weight excluding hydrogens is 382 g/mol. The van der Waals surface area contributed by atoms with Crippen molar-refractivity contribution in [1.82, 2.24) is 24.4 Å². The number of rotatable bonds is 5. The summed E-state index contributed by atoms with van der Waals surface area (Å²) >= 11 is 1.70. The molecule has 5 rings (SSSR count). The second-order valence-electron chi connectivity index (χ2n) is 6.85.